The Morgan fingerprint density at radius 3 is 1.27 bits per heavy atom. The van der Waals surface area contributed by atoms with Gasteiger partial charge in [0.2, 0.25) is 0 Å². The lowest BCUT2D eigenvalue weighted by Crippen LogP contribution is -2.25. The van der Waals surface area contributed by atoms with Gasteiger partial charge in [0.05, 0.1) is 0 Å². The largest absolute Gasteiger partial charge is 0.396 e. The second kappa shape index (κ2) is 5.94. The molecule has 0 atom stereocenters. The molecule has 0 bridgehead atoms. The zero-order valence-electron chi connectivity index (χ0n) is 6.46. The minimum absolute atomic E-state index is 0.0747. The van der Waals surface area contributed by atoms with E-state index in [1.807, 2.05) is 0 Å². The fourth-order valence-electron chi connectivity index (χ4n) is 0.976. The van der Waals surface area contributed by atoms with Gasteiger partial charge in [0, 0.05) is 24.1 Å². The van der Waals surface area contributed by atoms with Gasteiger partial charge in [-0.25, -0.2) is 0 Å². The van der Waals surface area contributed by atoms with Gasteiger partial charge in [-0.3, -0.25) is 0 Å². The Morgan fingerprint density at radius 2 is 1.09 bits per heavy atom. The van der Waals surface area contributed by atoms with Crippen molar-refractivity contribution in [3.8, 4) is 0 Å². The normalized spacial score (nSPS) is 12.0. The number of halogens is 1. The topological polar surface area (TPSA) is 60.7 Å². The van der Waals surface area contributed by atoms with Crippen LogP contribution in [0.25, 0.3) is 0 Å². The van der Waals surface area contributed by atoms with Crippen LogP contribution in [0.4, 0.5) is 0 Å². The monoisotopic (exact) mass is 226 g/mol. The Morgan fingerprint density at radius 1 is 0.818 bits per heavy atom. The van der Waals surface area contributed by atoms with Crippen LogP contribution < -0.4 is 0 Å². The van der Waals surface area contributed by atoms with Crippen molar-refractivity contribution < 1.29 is 15.3 Å². The summed E-state index contributed by atoms with van der Waals surface area (Å²) < 4.78 is -0.286. The third-order valence-electron chi connectivity index (χ3n) is 1.68. The molecule has 0 aliphatic carbocycles. The van der Waals surface area contributed by atoms with Crippen molar-refractivity contribution in [2.75, 3.05) is 19.8 Å². The van der Waals surface area contributed by atoms with Crippen molar-refractivity contribution in [3.05, 3.63) is 0 Å². The minimum atomic E-state index is -0.286. The average molecular weight is 227 g/mol. The summed E-state index contributed by atoms with van der Waals surface area (Å²) in [4.78, 5) is 0. The standard InChI is InChI=1S/C7H15BrO3/c8-7(1-4-9,2-5-10)3-6-11/h9-11H,1-6H2. The van der Waals surface area contributed by atoms with Crippen LogP contribution in [0.2, 0.25) is 0 Å². The summed E-state index contributed by atoms with van der Waals surface area (Å²) in [5.41, 5.74) is 0. The molecule has 0 aromatic heterocycles. The van der Waals surface area contributed by atoms with Gasteiger partial charge in [-0.15, -0.1) is 0 Å². The van der Waals surface area contributed by atoms with Crippen LogP contribution in [0.1, 0.15) is 19.3 Å². The molecule has 0 unspecified atom stereocenters. The molecule has 0 saturated carbocycles. The van der Waals surface area contributed by atoms with Gasteiger partial charge in [0.1, 0.15) is 0 Å². The van der Waals surface area contributed by atoms with Crippen LogP contribution in [0, 0.1) is 0 Å². The smallest absolute Gasteiger partial charge is 0.0444 e. The molecule has 0 fully saturated rings. The summed E-state index contributed by atoms with van der Waals surface area (Å²) >= 11 is 3.39. The van der Waals surface area contributed by atoms with E-state index in [1.54, 1.807) is 0 Å². The quantitative estimate of drug-likeness (QED) is 0.570. The van der Waals surface area contributed by atoms with Crippen LogP contribution in [0.5, 0.6) is 0 Å². The molecule has 11 heavy (non-hydrogen) atoms. The molecule has 0 rings (SSSR count). The minimum Gasteiger partial charge on any atom is -0.396 e. The fraction of sp³-hybridized carbons (Fsp3) is 1.00. The SMILES string of the molecule is OCCC(Br)(CCO)CCO. The maximum Gasteiger partial charge on any atom is 0.0444 e. The number of aliphatic hydroxyl groups excluding tert-OH is 3. The van der Waals surface area contributed by atoms with Crippen molar-refractivity contribution in [2.24, 2.45) is 0 Å². The van der Waals surface area contributed by atoms with E-state index >= 15 is 0 Å². The van der Waals surface area contributed by atoms with E-state index in [2.05, 4.69) is 15.9 Å². The van der Waals surface area contributed by atoms with Gasteiger partial charge in [-0.1, -0.05) is 15.9 Å². The Kier molecular flexibility index (Phi) is 6.14. The van der Waals surface area contributed by atoms with E-state index in [0.29, 0.717) is 19.3 Å². The first-order valence-corrected chi connectivity index (χ1v) is 4.49. The molecule has 0 aliphatic heterocycles. The lowest BCUT2D eigenvalue weighted by atomic mass is 9.98. The Labute approximate surface area is 75.2 Å². The Balaban J connectivity index is 3.79. The van der Waals surface area contributed by atoms with Gasteiger partial charge < -0.3 is 15.3 Å². The van der Waals surface area contributed by atoms with Crippen molar-refractivity contribution in [2.45, 2.75) is 23.6 Å². The van der Waals surface area contributed by atoms with Gasteiger partial charge in [-0.2, -0.15) is 0 Å². The zero-order chi connectivity index (χ0) is 8.74. The highest BCUT2D eigenvalue weighted by atomic mass is 79.9. The molecule has 0 amide bonds. The zero-order valence-corrected chi connectivity index (χ0v) is 8.05. The summed E-state index contributed by atoms with van der Waals surface area (Å²) in [7, 11) is 0. The first-order chi connectivity index (χ1) is 5.18. The van der Waals surface area contributed by atoms with Gasteiger partial charge >= 0.3 is 0 Å². The van der Waals surface area contributed by atoms with Crippen molar-refractivity contribution in [3.63, 3.8) is 0 Å². The number of hydrogen-bond acceptors (Lipinski definition) is 3. The number of hydrogen-bond donors (Lipinski definition) is 3. The van der Waals surface area contributed by atoms with E-state index in [0.717, 1.165) is 0 Å². The molecule has 0 aromatic rings. The van der Waals surface area contributed by atoms with Crippen molar-refractivity contribution in [1.82, 2.24) is 0 Å². The van der Waals surface area contributed by atoms with E-state index in [-0.39, 0.29) is 24.1 Å². The summed E-state index contributed by atoms with van der Waals surface area (Å²) in [6, 6.07) is 0. The van der Waals surface area contributed by atoms with E-state index in [1.165, 1.54) is 0 Å². The molecule has 0 aromatic carbocycles. The van der Waals surface area contributed by atoms with Crippen molar-refractivity contribution >= 4 is 15.9 Å². The molecule has 0 spiro atoms. The van der Waals surface area contributed by atoms with E-state index in [9.17, 15) is 0 Å². The first-order valence-electron chi connectivity index (χ1n) is 3.70. The molecule has 4 heteroatoms. The highest BCUT2D eigenvalue weighted by Crippen LogP contribution is 2.29. The molecule has 0 saturated heterocycles. The van der Waals surface area contributed by atoms with Crippen molar-refractivity contribution in [1.29, 1.82) is 0 Å². The molecule has 0 radical (unpaired) electrons. The fourth-order valence-corrected chi connectivity index (χ4v) is 1.51. The van der Waals surface area contributed by atoms with Crippen LogP contribution in [-0.4, -0.2) is 39.5 Å². The molecule has 0 aliphatic rings. The Bertz CT molecular complexity index is 80.7. The van der Waals surface area contributed by atoms with E-state index in [4.69, 9.17) is 15.3 Å². The number of rotatable bonds is 6. The second-order valence-electron chi connectivity index (χ2n) is 2.57. The predicted octanol–water partition coefficient (Wildman–Crippen LogP) is 0.267. The number of alkyl halides is 1. The summed E-state index contributed by atoms with van der Waals surface area (Å²) in [6.07, 6.45) is 1.69. The van der Waals surface area contributed by atoms with E-state index < -0.39 is 0 Å². The average Bonchev–Trinajstić information content (AvgIpc) is 1.88. The highest BCUT2D eigenvalue weighted by Gasteiger charge is 2.24. The molecule has 3 nitrogen and oxygen atoms in total. The lowest BCUT2D eigenvalue weighted by molar-refractivity contribution is 0.203. The molecule has 68 valence electrons. The third kappa shape index (κ3) is 4.74. The summed E-state index contributed by atoms with van der Waals surface area (Å²) in [6.45, 7) is 0.224. The van der Waals surface area contributed by atoms with Crippen LogP contribution in [0.3, 0.4) is 0 Å². The second-order valence-corrected chi connectivity index (χ2v) is 4.25. The lowest BCUT2D eigenvalue weighted by Gasteiger charge is -2.24. The third-order valence-corrected chi connectivity index (χ3v) is 2.87. The Hall–Kier alpha value is 0.360. The molecular formula is C7H15BrO3. The van der Waals surface area contributed by atoms with Crippen LogP contribution >= 0.6 is 15.9 Å². The van der Waals surface area contributed by atoms with Crippen LogP contribution in [0.15, 0.2) is 0 Å². The first kappa shape index (κ1) is 11.4. The maximum atomic E-state index is 8.66. The van der Waals surface area contributed by atoms with Gasteiger partial charge in [-0.05, 0) is 19.3 Å². The summed E-state index contributed by atoms with van der Waals surface area (Å²) in [5, 5.41) is 26.0. The predicted molar refractivity (Wildman–Crippen MR) is 46.8 cm³/mol. The number of aliphatic hydroxyl groups is 3. The molecule has 0 heterocycles. The highest BCUT2D eigenvalue weighted by molar-refractivity contribution is 9.10. The van der Waals surface area contributed by atoms with Crippen LogP contribution in [-0.2, 0) is 0 Å². The summed E-state index contributed by atoms with van der Waals surface area (Å²) in [5.74, 6) is 0. The molecular weight excluding hydrogens is 212 g/mol. The maximum absolute atomic E-state index is 8.66. The molecule has 3 N–H and O–H groups in total. The van der Waals surface area contributed by atoms with Gasteiger partial charge in [0.25, 0.3) is 0 Å². The van der Waals surface area contributed by atoms with Gasteiger partial charge in [0.15, 0.2) is 0 Å².